The van der Waals surface area contributed by atoms with Crippen molar-refractivity contribution in [2.24, 2.45) is 0 Å². The zero-order valence-corrected chi connectivity index (χ0v) is 12.9. The monoisotopic (exact) mass is 325 g/mol. The van der Waals surface area contributed by atoms with Crippen molar-refractivity contribution < 1.29 is 19.1 Å². The van der Waals surface area contributed by atoms with Crippen molar-refractivity contribution in [3.8, 4) is 5.75 Å². The molecule has 1 heterocycles. The summed E-state index contributed by atoms with van der Waals surface area (Å²) in [4.78, 5) is 23.8. The molecule has 0 aliphatic heterocycles. The van der Waals surface area contributed by atoms with Gasteiger partial charge in [-0.05, 0) is 30.7 Å². The lowest BCUT2D eigenvalue weighted by atomic mass is 10.1. The number of carbonyl (C=O) groups excluding carboxylic acids is 1. The summed E-state index contributed by atoms with van der Waals surface area (Å²) in [7, 11) is 0. The molecule has 6 heteroatoms. The van der Waals surface area contributed by atoms with Crippen LogP contribution in [0.15, 0.2) is 57.7 Å². The molecule has 3 aromatic rings. The first kappa shape index (κ1) is 15.6. The third kappa shape index (κ3) is 3.22. The number of rotatable bonds is 3. The molecule has 0 aliphatic carbocycles. The molecule has 0 fully saturated rings. The number of hydrogen-bond donors (Lipinski definition) is 2. The van der Waals surface area contributed by atoms with Crippen LogP contribution in [0, 0.1) is 6.92 Å². The standard InChI is InChI=1S/C18H15NO5/c1-11-15(20)8-7-13-9-14(17(21)24-16(11)13)19-18(22)23-10-12-5-3-2-4-6-12/h2-9,20H,10H2,1H3,(H,19,22). The van der Waals surface area contributed by atoms with E-state index in [2.05, 4.69) is 5.32 Å². The van der Waals surface area contributed by atoms with Crippen molar-refractivity contribution in [1.29, 1.82) is 0 Å². The minimum atomic E-state index is -0.749. The lowest BCUT2D eigenvalue weighted by Crippen LogP contribution is -2.18. The Labute approximate surface area is 137 Å². The molecule has 6 nitrogen and oxygen atoms in total. The summed E-state index contributed by atoms with van der Waals surface area (Å²) in [6, 6.07) is 13.8. The molecule has 2 N–H and O–H groups in total. The van der Waals surface area contributed by atoms with E-state index >= 15 is 0 Å². The van der Waals surface area contributed by atoms with Gasteiger partial charge in [0.1, 0.15) is 23.6 Å². The van der Waals surface area contributed by atoms with Crippen LogP contribution in [-0.2, 0) is 11.3 Å². The SMILES string of the molecule is Cc1c(O)ccc2cc(NC(=O)OCc3ccccc3)c(=O)oc12. The van der Waals surface area contributed by atoms with Crippen LogP contribution in [0.4, 0.5) is 10.5 Å². The maximum atomic E-state index is 12.0. The molecule has 0 saturated carbocycles. The molecular formula is C18H15NO5. The van der Waals surface area contributed by atoms with Gasteiger partial charge in [0.05, 0.1) is 0 Å². The van der Waals surface area contributed by atoms with E-state index in [9.17, 15) is 14.7 Å². The number of benzene rings is 2. The van der Waals surface area contributed by atoms with Crippen LogP contribution in [0.1, 0.15) is 11.1 Å². The normalized spacial score (nSPS) is 10.5. The summed E-state index contributed by atoms with van der Waals surface area (Å²) >= 11 is 0. The molecule has 24 heavy (non-hydrogen) atoms. The van der Waals surface area contributed by atoms with Gasteiger partial charge in [-0.3, -0.25) is 5.32 Å². The number of amides is 1. The Kier molecular flexibility index (Phi) is 4.20. The minimum absolute atomic E-state index is 0.0225. The van der Waals surface area contributed by atoms with E-state index in [-0.39, 0.29) is 23.6 Å². The van der Waals surface area contributed by atoms with E-state index in [0.717, 1.165) is 5.56 Å². The molecular weight excluding hydrogens is 310 g/mol. The maximum absolute atomic E-state index is 12.0. The van der Waals surface area contributed by atoms with E-state index in [1.807, 2.05) is 30.3 Å². The van der Waals surface area contributed by atoms with Gasteiger partial charge in [-0.1, -0.05) is 30.3 Å². The Morgan fingerprint density at radius 2 is 1.96 bits per heavy atom. The number of phenols is 1. The van der Waals surface area contributed by atoms with Gasteiger partial charge in [0, 0.05) is 10.9 Å². The predicted octanol–water partition coefficient (Wildman–Crippen LogP) is 3.56. The first-order valence-electron chi connectivity index (χ1n) is 7.29. The van der Waals surface area contributed by atoms with Crippen molar-refractivity contribution in [2.45, 2.75) is 13.5 Å². The van der Waals surface area contributed by atoms with Gasteiger partial charge < -0.3 is 14.3 Å². The summed E-state index contributed by atoms with van der Waals surface area (Å²) in [6.07, 6.45) is -0.749. The lowest BCUT2D eigenvalue weighted by molar-refractivity contribution is 0.155. The number of aryl methyl sites for hydroxylation is 1. The van der Waals surface area contributed by atoms with Crippen molar-refractivity contribution in [3.63, 3.8) is 0 Å². The number of anilines is 1. The van der Waals surface area contributed by atoms with Crippen LogP contribution in [0.2, 0.25) is 0 Å². The van der Waals surface area contributed by atoms with Crippen molar-refractivity contribution >= 4 is 22.7 Å². The second-order valence-corrected chi connectivity index (χ2v) is 5.26. The Balaban J connectivity index is 1.77. The van der Waals surface area contributed by atoms with Crippen molar-refractivity contribution in [1.82, 2.24) is 0 Å². The molecule has 0 aliphatic rings. The number of ether oxygens (including phenoxy) is 1. The molecule has 3 rings (SSSR count). The van der Waals surface area contributed by atoms with Crippen LogP contribution in [-0.4, -0.2) is 11.2 Å². The van der Waals surface area contributed by atoms with Crippen LogP contribution in [0.5, 0.6) is 5.75 Å². The molecule has 122 valence electrons. The number of aromatic hydroxyl groups is 1. The quantitative estimate of drug-likeness (QED) is 0.719. The van der Waals surface area contributed by atoms with E-state index < -0.39 is 11.7 Å². The molecule has 1 aromatic heterocycles. The second kappa shape index (κ2) is 6.45. The largest absolute Gasteiger partial charge is 0.508 e. The Morgan fingerprint density at radius 1 is 1.21 bits per heavy atom. The third-order valence-corrected chi connectivity index (χ3v) is 3.57. The van der Waals surface area contributed by atoms with Gasteiger partial charge in [0.2, 0.25) is 0 Å². The van der Waals surface area contributed by atoms with E-state index in [0.29, 0.717) is 10.9 Å². The zero-order chi connectivity index (χ0) is 17.1. The van der Waals surface area contributed by atoms with Gasteiger partial charge in [0.25, 0.3) is 0 Å². The van der Waals surface area contributed by atoms with Crippen LogP contribution in [0.3, 0.4) is 0 Å². The third-order valence-electron chi connectivity index (χ3n) is 3.57. The summed E-state index contributed by atoms with van der Waals surface area (Å²) in [6.45, 7) is 1.74. The Hall–Kier alpha value is -3.28. The average Bonchev–Trinajstić information content (AvgIpc) is 2.59. The number of phenolic OH excluding ortho intramolecular Hbond substituents is 1. The zero-order valence-electron chi connectivity index (χ0n) is 12.9. The van der Waals surface area contributed by atoms with Gasteiger partial charge in [-0.25, -0.2) is 9.59 Å². The Morgan fingerprint density at radius 3 is 2.71 bits per heavy atom. The highest BCUT2D eigenvalue weighted by Gasteiger charge is 2.12. The number of hydrogen-bond acceptors (Lipinski definition) is 5. The molecule has 0 unspecified atom stereocenters. The van der Waals surface area contributed by atoms with E-state index in [1.54, 1.807) is 13.0 Å². The fourth-order valence-corrected chi connectivity index (χ4v) is 2.27. The molecule has 0 bridgehead atoms. The molecule has 0 radical (unpaired) electrons. The van der Waals surface area contributed by atoms with Gasteiger partial charge in [-0.2, -0.15) is 0 Å². The lowest BCUT2D eigenvalue weighted by Gasteiger charge is -2.08. The maximum Gasteiger partial charge on any atom is 0.412 e. The smallest absolute Gasteiger partial charge is 0.412 e. The average molecular weight is 325 g/mol. The molecule has 0 saturated heterocycles. The van der Waals surface area contributed by atoms with Crippen LogP contribution >= 0.6 is 0 Å². The summed E-state index contributed by atoms with van der Waals surface area (Å²) in [5.74, 6) is 0.0358. The fraction of sp³-hybridized carbons (Fsp3) is 0.111. The summed E-state index contributed by atoms with van der Waals surface area (Å²) in [5.41, 5.74) is 0.841. The fourth-order valence-electron chi connectivity index (χ4n) is 2.27. The second-order valence-electron chi connectivity index (χ2n) is 5.26. The van der Waals surface area contributed by atoms with Crippen molar-refractivity contribution in [3.05, 3.63) is 70.1 Å². The summed E-state index contributed by atoms with van der Waals surface area (Å²) in [5, 5.41) is 12.6. The first-order chi connectivity index (χ1) is 11.5. The van der Waals surface area contributed by atoms with Crippen LogP contribution < -0.4 is 10.9 Å². The first-order valence-corrected chi connectivity index (χ1v) is 7.29. The molecule has 0 atom stereocenters. The predicted molar refractivity (Wildman–Crippen MR) is 89.1 cm³/mol. The highest BCUT2D eigenvalue weighted by molar-refractivity contribution is 5.89. The Bertz CT molecular complexity index is 947. The molecule has 0 spiro atoms. The summed E-state index contributed by atoms with van der Waals surface area (Å²) < 4.78 is 10.3. The highest BCUT2D eigenvalue weighted by Crippen LogP contribution is 2.26. The highest BCUT2D eigenvalue weighted by atomic mass is 16.5. The molecule has 2 aromatic carbocycles. The minimum Gasteiger partial charge on any atom is -0.508 e. The number of nitrogens with one attached hydrogen (secondary N) is 1. The van der Waals surface area contributed by atoms with Gasteiger partial charge in [-0.15, -0.1) is 0 Å². The van der Waals surface area contributed by atoms with E-state index in [1.165, 1.54) is 12.1 Å². The van der Waals surface area contributed by atoms with Crippen LogP contribution in [0.25, 0.3) is 11.0 Å². The number of carbonyl (C=O) groups is 1. The topological polar surface area (TPSA) is 88.8 Å². The van der Waals surface area contributed by atoms with Crippen molar-refractivity contribution in [2.75, 3.05) is 5.32 Å². The van der Waals surface area contributed by atoms with Gasteiger partial charge in [0.15, 0.2) is 0 Å². The number of fused-ring (bicyclic) bond motifs is 1. The van der Waals surface area contributed by atoms with E-state index in [4.69, 9.17) is 9.15 Å². The van der Waals surface area contributed by atoms with Gasteiger partial charge >= 0.3 is 11.7 Å². The molecule has 1 amide bonds.